The van der Waals surface area contributed by atoms with Crippen molar-refractivity contribution in [1.29, 1.82) is 0 Å². The Morgan fingerprint density at radius 2 is 1.78 bits per heavy atom. The number of carbonyl (C=O) groups excluding carboxylic acids is 1. The molecular formula is C24H25N3O4S. The average molecular weight is 452 g/mol. The lowest BCUT2D eigenvalue weighted by atomic mass is 9.97. The fourth-order valence-electron chi connectivity index (χ4n) is 3.61. The van der Waals surface area contributed by atoms with E-state index in [1.54, 1.807) is 12.1 Å². The number of hydrogen-bond acceptors (Lipinski definition) is 5. The van der Waals surface area contributed by atoms with E-state index in [1.807, 2.05) is 61.5 Å². The van der Waals surface area contributed by atoms with Crippen LogP contribution in [0.5, 0.6) is 0 Å². The second-order valence-electron chi connectivity index (χ2n) is 7.86. The number of benzene rings is 2. The molecule has 0 spiro atoms. The summed E-state index contributed by atoms with van der Waals surface area (Å²) in [6.07, 6.45) is 2.48. The number of rotatable bonds is 6. The van der Waals surface area contributed by atoms with Gasteiger partial charge in [-0.2, -0.15) is 4.31 Å². The smallest absolute Gasteiger partial charge is 0.236 e. The lowest BCUT2D eigenvalue weighted by Gasteiger charge is -2.29. The van der Waals surface area contributed by atoms with E-state index in [1.165, 1.54) is 9.71 Å². The molecule has 8 heteroatoms. The van der Waals surface area contributed by atoms with Crippen molar-refractivity contribution < 1.29 is 17.7 Å². The van der Waals surface area contributed by atoms with Gasteiger partial charge in [0.25, 0.3) is 0 Å². The third-order valence-electron chi connectivity index (χ3n) is 5.52. The molecule has 2 heterocycles. The lowest BCUT2D eigenvalue weighted by molar-refractivity contribution is -0.121. The third kappa shape index (κ3) is 5.33. The first-order chi connectivity index (χ1) is 15.4. The number of carbonyl (C=O) groups is 1. The van der Waals surface area contributed by atoms with Crippen LogP contribution in [0.2, 0.25) is 0 Å². The van der Waals surface area contributed by atoms with Crippen LogP contribution < -0.4 is 5.32 Å². The van der Waals surface area contributed by atoms with E-state index in [2.05, 4.69) is 10.5 Å². The first kappa shape index (κ1) is 22.0. The van der Waals surface area contributed by atoms with Crippen molar-refractivity contribution in [2.24, 2.45) is 5.92 Å². The van der Waals surface area contributed by atoms with Crippen LogP contribution in [-0.2, 0) is 14.8 Å². The van der Waals surface area contributed by atoms with Gasteiger partial charge in [0, 0.05) is 36.0 Å². The second kappa shape index (κ2) is 9.50. The minimum atomic E-state index is -3.53. The topological polar surface area (TPSA) is 92.5 Å². The molecule has 4 rings (SSSR count). The van der Waals surface area contributed by atoms with E-state index in [-0.39, 0.29) is 17.7 Å². The average Bonchev–Trinajstić information content (AvgIpc) is 3.27. The predicted octanol–water partition coefficient (Wildman–Crippen LogP) is 4.30. The summed E-state index contributed by atoms with van der Waals surface area (Å²) in [5, 5.41) is 8.01. The quantitative estimate of drug-likeness (QED) is 0.603. The highest BCUT2D eigenvalue weighted by Crippen LogP contribution is 2.25. The van der Waals surface area contributed by atoms with Gasteiger partial charge in [-0.05, 0) is 31.4 Å². The van der Waals surface area contributed by atoms with E-state index in [0.717, 1.165) is 16.7 Å². The number of piperidine rings is 1. The highest BCUT2D eigenvalue weighted by Gasteiger charge is 2.30. The van der Waals surface area contributed by atoms with Gasteiger partial charge in [0.15, 0.2) is 0 Å². The van der Waals surface area contributed by atoms with E-state index in [9.17, 15) is 13.2 Å². The normalized spacial score (nSPS) is 15.8. The summed E-state index contributed by atoms with van der Waals surface area (Å²) in [4.78, 5) is 12.6. The number of sulfonamides is 1. The molecule has 0 aliphatic carbocycles. The van der Waals surface area contributed by atoms with E-state index < -0.39 is 10.0 Å². The zero-order chi connectivity index (χ0) is 22.6. The monoisotopic (exact) mass is 451 g/mol. The fraction of sp³-hybridized carbons (Fsp3) is 0.250. The number of hydrogen-bond donors (Lipinski definition) is 1. The van der Waals surface area contributed by atoms with Crippen LogP contribution in [0.25, 0.3) is 17.3 Å². The van der Waals surface area contributed by atoms with E-state index >= 15 is 0 Å². The van der Waals surface area contributed by atoms with Gasteiger partial charge >= 0.3 is 0 Å². The molecule has 1 amide bonds. The van der Waals surface area contributed by atoms with Crippen LogP contribution >= 0.6 is 0 Å². The van der Waals surface area contributed by atoms with Gasteiger partial charge in [-0.15, -0.1) is 0 Å². The Labute approximate surface area is 187 Å². The maximum absolute atomic E-state index is 12.6. The Balaban J connectivity index is 1.32. The molecule has 3 aromatic rings. The second-order valence-corrected chi connectivity index (χ2v) is 9.68. The summed E-state index contributed by atoms with van der Waals surface area (Å²) in [6.45, 7) is 2.60. The van der Waals surface area contributed by atoms with Crippen molar-refractivity contribution in [2.45, 2.75) is 19.8 Å². The number of amides is 1. The molecule has 0 saturated carbocycles. The highest BCUT2D eigenvalue weighted by atomic mass is 32.2. The van der Waals surface area contributed by atoms with Crippen molar-refractivity contribution in [2.75, 3.05) is 18.4 Å². The van der Waals surface area contributed by atoms with Crippen molar-refractivity contribution in [3.05, 3.63) is 77.2 Å². The number of aryl methyl sites for hydroxylation is 1. The predicted molar refractivity (Wildman–Crippen MR) is 124 cm³/mol. The molecule has 1 aliphatic heterocycles. The van der Waals surface area contributed by atoms with Crippen molar-refractivity contribution >= 4 is 27.9 Å². The van der Waals surface area contributed by atoms with Gasteiger partial charge in [0.05, 0.1) is 0 Å². The summed E-state index contributed by atoms with van der Waals surface area (Å²) in [5.74, 6) is -0.188. The molecule has 1 fully saturated rings. The lowest BCUT2D eigenvalue weighted by Crippen LogP contribution is -2.40. The zero-order valence-corrected chi connectivity index (χ0v) is 18.6. The molecule has 2 aromatic carbocycles. The van der Waals surface area contributed by atoms with Gasteiger partial charge in [-0.1, -0.05) is 65.3 Å². The zero-order valence-electron chi connectivity index (χ0n) is 17.8. The number of nitrogens with one attached hydrogen (secondary N) is 1. The molecule has 0 bridgehead atoms. The Kier molecular flexibility index (Phi) is 6.53. The fourth-order valence-corrected chi connectivity index (χ4v) is 4.83. The van der Waals surface area contributed by atoms with Gasteiger partial charge in [-0.25, -0.2) is 8.42 Å². The molecule has 1 aromatic heterocycles. The molecular weight excluding hydrogens is 426 g/mol. The molecule has 166 valence electrons. The SMILES string of the molecule is Cc1ccc(-c2cc(NC(=O)C3CCN(S(=O)(=O)/C=C/c4ccccc4)CC3)on2)cc1. The first-order valence-corrected chi connectivity index (χ1v) is 12.0. The molecule has 0 unspecified atom stereocenters. The van der Waals surface area contributed by atoms with Crippen molar-refractivity contribution in [1.82, 2.24) is 9.46 Å². The maximum Gasteiger partial charge on any atom is 0.236 e. The van der Waals surface area contributed by atoms with Crippen molar-refractivity contribution in [3.8, 4) is 11.3 Å². The summed E-state index contributed by atoms with van der Waals surface area (Å²) in [5.41, 5.74) is 3.52. The van der Waals surface area contributed by atoms with E-state index in [4.69, 9.17) is 4.52 Å². The Morgan fingerprint density at radius 1 is 1.09 bits per heavy atom. The standard InChI is InChI=1S/C24H25N3O4S/c1-18-7-9-20(10-8-18)22-17-23(31-26-22)25-24(28)21-11-14-27(15-12-21)32(29,30)16-13-19-5-3-2-4-6-19/h2-10,13,16-17,21H,11-12,14-15H2,1H3,(H,25,28)/b16-13+. The number of aromatic nitrogens is 1. The van der Waals surface area contributed by atoms with Crippen LogP contribution in [0.4, 0.5) is 5.88 Å². The summed E-state index contributed by atoms with van der Waals surface area (Å²) >= 11 is 0. The molecule has 32 heavy (non-hydrogen) atoms. The Morgan fingerprint density at radius 3 is 2.47 bits per heavy atom. The molecule has 0 atom stereocenters. The minimum absolute atomic E-state index is 0.187. The van der Waals surface area contributed by atoms with Crippen LogP contribution in [0.15, 0.2) is 70.6 Å². The van der Waals surface area contributed by atoms with Gasteiger partial charge < -0.3 is 4.52 Å². The molecule has 7 nitrogen and oxygen atoms in total. The largest absolute Gasteiger partial charge is 0.338 e. The highest BCUT2D eigenvalue weighted by molar-refractivity contribution is 7.92. The van der Waals surface area contributed by atoms with Crippen LogP contribution in [0, 0.1) is 12.8 Å². The number of nitrogens with zero attached hydrogens (tertiary/aromatic N) is 2. The van der Waals surface area contributed by atoms with Gasteiger partial charge in [-0.3, -0.25) is 10.1 Å². The molecule has 1 aliphatic rings. The van der Waals surface area contributed by atoms with Crippen LogP contribution in [0.3, 0.4) is 0 Å². The maximum atomic E-state index is 12.6. The summed E-state index contributed by atoms with van der Waals surface area (Å²) in [7, 11) is -3.53. The van der Waals surface area contributed by atoms with E-state index in [0.29, 0.717) is 31.6 Å². The van der Waals surface area contributed by atoms with Gasteiger partial charge in [0.2, 0.25) is 21.8 Å². The summed E-state index contributed by atoms with van der Waals surface area (Å²) < 4.78 is 31.9. The molecule has 1 saturated heterocycles. The Hall–Kier alpha value is -3.23. The minimum Gasteiger partial charge on any atom is -0.338 e. The van der Waals surface area contributed by atoms with Gasteiger partial charge in [0.1, 0.15) is 5.69 Å². The van der Waals surface area contributed by atoms with Crippen molar-refractivity contribution in [3.63, 3.8) is 0 Å². The third-order valence-corrected chi connectivity index (χ3v) is 7.09. The van der Waals surface area contributed by atoms with Crippen LogP contribution in [-0.4, -0.2) is 36.9 Å². The molecule has 1 N–H and O–H groups in total. The first-order valence-electron chi connectivity index (χ1n) is 10.5. The Bertz CT molecular complexity index is 1190. The number of anilines is 1. The summed E-state index contributed by atoms with van der Waals surface area (Å²) in [6, 6.07) is 18.8. The molecule has 0 radical (unpaired) electrons. The van der Waals surface area contributed by atoms with Crippen LogP contribution in [0.1, 0.15) is 24.0 Å².